The van der Waals surface area contributed by atoms with Gasteiger partial charge < -0.3 is 37.9 Å². The molecule has 0 amide bonds. The molecule has 0 aliphatic carbocycles. The van der Waals surface area contributed by atoms with Crippen molar-refractivity contribution in [1.29, 1.82) is 0 Å². The summed E-state index contributed by atoms with van der Waals surface area (Å²) in [6.45, 7) is -0.824. The number of aromatic amines is 2. The minimum absolute atomic E-state index is 0.000901. The topological polar surface area (TPSA) is 209 Å². The summed E-state index contributed by atoms with van der Waals surface area (Å²) in [4.78, 5) is 44.5. The summed E-state index contributed by atoms with van der Waals surface area (Å²) < 4.78 is 80.8. The highest BCUT2D eigenvalue weighted by Crippen LogP contribution is 2.48. The third kappa shape index (κ3) is 5.32. The van der Waals surface area contributed by atoms with E-state index < -0.39 is 75.7 Å². The van der Waals surface area contributed by atoms with Gasteiger partial charge in [0.2, 0.25) is 12.2 Å². The van der Waals surface area contributed by atoms with E-state index in [1.165, 1.54) is 10.9 Å². The smallest absolute Gasteiger partial charge is 0.299 e. The van der Waals surface area contributed by atoms with Gasteiger partial charge in [0.05, 0.1) is 44.2 Å². The Balaban J connectivity index is 1.13. The summed E-state index contributed by atoms with van der Waals surface area (Å²) >= 11 is 3.73. The van der Waals surface area contributed by atoms with E-state index in [0.29, 0.717) is 0 Å². The molecule has 4 aromatic rings. The normalized spacial score (nSPS) is 29.1. The van der Waals surface area contributed by atoms with Gasteiger partial charge in [0.15, 0.2) is 56.2 Å². The molecule has 6 heterocycles. The number of alkyl halides is 3. The number of imidazole rings is 2. The van der Waals surface area contributed by atoms with Crippen molar-refractivity contribution in [3.63, 3.8) is 0 Å². The van der Waals surface area contributed by atoms with Crippen LogP contribution in [0.15, 0.2) is 28.6 Å². The Kier molecular flexibility index (Phi) is 8.44. The Hall–Kier alpha value is -2.74. The molecule has 2 saturated heterocycles. The van der Waals surface area contributed by atoms with Crippen LogP contribution in [0, 0.1) is 5.92 Å². The second-order valence-corrected chi connectivity index (χ2v) is 10.6. The lowest BCUT2D eigenvalue weighted by molar-refractivity contribution is -0.128. The van der Waals surface area contributed by atoms with Gasteiger partial charge in [0, 0.05) is 9.47 Å². The Morgan fingerprint density at radius 2 is 1.86 bits per heavy atom. The SMILES string of the molecule is Nc1nc2c(ncn2[C@@H]2OC(OPOC[C@@H]3[C@@H](COP)O[C@@H](n4cnc5c(=O)[nH]cnc54)C3(F)F)[C@@H](F)[C@H]2OS)c(=O)[nH]1. The van der Waals surface area contributed by atoms with Crippen molar-refractivity contribution < 1.29 is 40.4 Å². The lowest BCUT2D eigenvalue weighted by Crippen LogP contribution is -2.37. The van der Waals surface area contributed by atoms with Gasteiger partial charge in [-0.05, 0) is 12.9 Å². The molecule has 17 nitrogen and oxygen atoms in total. The second-order valence-electron chi connectivity index (χ2n) is 9.39. The number of H-pyrrole nitrogens is 2. The lowest BCUT2D eigenvalue weighted by atomic mass is 9.98. The monoisotopic (exact) mass is 667 g/mol. The standard InChI is InChI=1S/C20H22F3N9O8P2S/c21-8-11(40-43)16(31-4-27-10-13(31)29-19(24)30-15(10)34)38-17(8)39-42-36-1-6-7(2-35-41)37-18(20(6,22)23)32-5-28-9-12(32)25-3-26-14(9)33/h3-8,11,16-18,42-43H,1-2,41H2,(H,25,26,33)(H3,24,29,30,34)/t6-,7-,8+,11-,16-,17?,18-/m1/s1. The molecule has 3 unspecified atom stereocenters. The van der Waals surface area contributed by atoms with Crippen molar-refractivity contribution in [2.24, 2.45) is 5.92 Å². The third-order valence-electron chi connectivity index (χ3n) is 6.92. The number of halogens is 3. The highest BCUT2D eigenvalue weighted by atomic mass is 32.1. The molecular weight excluding hydrogens is 645 g/mol. The zero-order chi connectivity index (χ0) is 30.5. The zero-order valence-electron chi connectivity index (χ0n) is 21.4. The quantitative estimate of drug-likeness (QED) is 0.0798. The van der Waals surface area contributed by atoms with Gasteiger partial charge in [-0.1, -0.05) is 0 Å². The van der Waals surface area contributed by atoms with Crippen LogP contribution in [0.1, 0.15) is 12.5 Å². The maximum absolute atomic E-state index is 15.7. The average Bonchev–Trinajstić information content (AvgIpc) is 3.71. The zero-order valence-corrected chi connectivity index (χ0v) is 24.4. The number of nitrogens with two attached hydrogens (primary N) is 1. The van der Waals surface area contributed by atoms with E-state index in [1.54, 1.807) is 0 Å². The first kappa shape index (κ1) is 30.3. The molecule has 0 aromatic carbocycles. The number of thiol groups is 1. The van der Waals surface area contributed by atoms with Crippen LogP contribution in [0.5, 0.6) is 0 Å². The summed E-state index contributed by atoms with van der Waals surface area (Å²) in [5.74, 6) is -5.30. The molecule has 0 radical (unpaired) electrons. The van der Waals surface area contributed by atoms with Crippen LogP contribution in [-0.4, -0.2) is 82.8 Å². The van der Waals surface area contributed by atoms with Crippen molar-refractivity contribution in [3.8, 4) is 0 Å². The molecule has 0 saturated carbocycles. The predicted octanol–water partition coefficient (Wildman–Crippen LogP) is 0.755. The Labute approximate surface area is 246 Å². The van der Waals surface area contributed by atoms with Crippen LogP contribution in [0.25, 0.3) is 22.3 Å². The van der Waals surface area contributed by atoms with Crippen LogP contribution in [0.3, 0.4) is 0 Å². The summed E-state index contributed by atoms with van der Waals surface area (Å²) in [7, 11) is 1.00. The molecule has 2 fully saturated rings. The number of rotatable bonds is 10. The molecule has 23 heteroatoms. The summed E-state index contributed by atoms with van der Waals surface area (Å²) in [6.07, 6.45) is -5.80. The third-order valence-corrected chi connectivity index (χ3v) is 7.96. The summed E-state index contributed by atoms with van der Waals surface area (Å²) in [5, 5.41) is 0. The summed E-state index contributed by atoms with van der Waals surface area (Å²) in [6, 6.07) is 0. The van der Waals surface area contributed by atoms with E-state index in [-0.39, 0.29) is 34.9 Å². The highest BCUT2D eigenvalue weighted by molar-refractivity contribution is 7.75. The van der Waals surface area contributed by atoms with Crippen LogP contribution in [0.2, 0.25) is 0 Å². The van der Waals surface area contributed by atoms with Gasteiger partial charge >= 0.3 is 0 Å². The van der Waals surface area contributed by atoms with E-state index >= 15 is 13.2 Å². The molecule has 6 rings (SSSR count). The van der Waals surface area contributed by atoms with E-state index in [4.69, 9.17) is 33.0 Å². The van der Waals surface area contributed by atoms with Gasteiger partial charge in [-0.3, -0.25) is 23.7 Å². The molecule has 9 atom stereocenters. The molecule has 232 valence electrons. The van der Waals surface area contributed by atoms with Crippen LogP contribution in [0.4, 0.5) is 19.1 Å². The minimum Gasteiger partial charge on any atom is -0.369 e. The molecule has 0 bridgehead atoms. The Morgan fingerprint density at radius 3 is 2.60 bits per heavy atom. The number of fused-ring (bicyclic) bond motifs is 2. The second kappa shape index (κ2) is 12.0. The summed E-state index contributed by atoms with van der Waals surface area (Å²) in [5.41, 5.74) is 4.09. The van der Waals surface area contributed by atoms with Crippen molar-refractivity contribution in [1.82, 2.24) is 39.0 Å². The first-order valence-electron chi connectivity index (χ1n) is 12.2. The maximum Gasteiger partial charge on any atom is 0.299 e. The van der Waals surface area contributed by atoms with E-state index in [2.05, 4.69) is 42.8 Å². The number of nitrogens with one attached hydrogen (secondary N) is 2. The minimum atomic E-state index is -3.55. The van der Waals surface area contributed by atoms with Gasteiger partial charge in [-0.25, -0.2) is 28.1 Å². The van der Waals surface area contributed by atoms with Gasteiger partial charge in [0.1, 0.15) is 0 Å². The average molecular weight is 667 g/mol. The molecule has 0 spiro atoms. The number of aromatic nitrogens is 8. The fourth-order valence-electron chi connectivity index (χ4n) is 4.90. The first-order chi connectivity index (χ1) is 20.6. The molecule has 4 N–H and O–H groups in total. The molecule has 2 aliphatic heterocycles. The van der Waals surface area contributed by atoms with Crippen LogP contribution < -0.4 is 16.9 Å². The largest absolute Gasteiger partial charge is 0.369 e. The molecule has 4 aromatic heterocycles. The number of hydrogen-bond donors (Lipinski definition) is 4. The molecule has 2 aliphatic rings. The van der Waals surface area contributed by atoms with Crippen molar-refractivity contribution in [2.75, 3.05) is 18.9 Å². The molecular formula is C20H22F3N9O8P2S. The van der Waals surface area contributed by atoms with Gasteiger partial charge in [-0.15, -0.1) is 0 Å². The Bertz CT molecular complexity index is 1740. The van der Waals surface area contributed by atoms with Gasteiger partial charge in [-0.2, -0.15) is 4.98 Å². The van der Waals surface area contributed by atoms with Crippen molar-refractivity contribution in [3.05, 3.63) is 39.7 Å². The van der Waals surface area contributed by atoms with E-state index in [9.17, 15) is 9.59 Å². The van der Waals surface area contributed by atoms with Crippen molar-refractivity contribution >= 4 is 59.7 Å². The Morgan fingerprint density at radius 1 is 1.12 bits per heavy atom. The number of anilines is 1. The molecule has 43 heavy (non-hydrogen) atoms. The number of ether oxygens (including phenoxy) is 2. The number of nitrogen functional groups attached to an aromatic ring is 1. The highest BCUT2D eigenvalue weighted by Gasteiger charge is 2.60. The van der Waals surface area contributed by atoms with E-state index in [0.717, 1.165) is 17.2 Å². The number of nitrogens with zero attached hydrogens (tertiary/aromatic N) is 6. The number of hydrogen-bond acceptors (Lipinski definition) is 14. The van der Waals surface area contributed by atoms with Crippen LogP contribution in [-0.2, 0) is 27.2 Å². The fraction of sp³-hybridized carbons (Fsp3) is 0.500. The fourth-order valence-corrected chi connectivity index (χ4v) is 5.91. The maximum atomic E-state index is 15.7. The van der Waals surface area contributed by atoms with Gasteiger partial charge in [0.25, 0.3) is 17.0 Å². The first-order valence-corrected chi connectivity index (χ1v) is 13.9. The van der Waals surface area contributed by atoms with Crippen LogP contribution >= 0.6 is 31.4 Å². The lowest BCUT2D eigenvalue weighted by Gasteiger charge is -2.24. The van der Waals surface area contributed by atoms with Crippen molar-refractivity contribution in [2.45, 2.75) is 43.0 Å². The van der Waals surface area contributed by atoms with E-state index in [1.807, 2.05) is 9.47 Å². The predicted molar refractivity (Wildman–Crippen MR) is 147 cm³/mol.